The lowest BCUT2D eigenvalue weighted by Gasteiger charge is -2.11. The largest absolute Gasteiger partial charge is 0.508 e. The average molecular weight is 371 g/mol. The van der Waals surface area contributed by atoms with Gasteiger partial charge in [0.25, 0.3) is 5.91 Å². The van der Waals surface area contributed by atoms with E-state index < -0.39 is 0 Å². The number of phenolic OH excluding ortho intramolecular Hbond substituents is 1. The minimum Gasteiger partial charge on any atom is -0.508 e. The Morgan fingerprint density at radius 1 is 1.27 bits per heavy atom. The van der Waals surface area contributed by atoms with E-state index in [9.17, 15) is 9.90 Å². The van der Waals surface area contributed by atoms with Crippen molar-refractivity contribution < 1.29 is 9.90 Å². The zero-order chi connectivity index (χ0) is 18.8. The number of benzene rings is 1. The van der Waals surface area contributed by atoms with E-state index in [1.54, 1.807) is 19.1 Å². The molecule has 0 aliphatic carbocycles. The topological polar surface area (TPSA) is 92.1 Å². The number of rotatable bonds is 5. The Hall–Kier alpha value is -2.87. The number of nitrogens with one attached hydrogen (secondary N) is 2. The predicted octanol–water partition coefficient (Wildman–Crippen LogP) is 4.24. The number of aromatic hydroxyl groups is 1. The summed E-state index contributed by atoms with van der Waals surface area (Å²) in [5.41, 5.74) is 2.14. The molecule has 8 heteroatoms. The number of hydrogen-bond acceptors (Lipinski definition) is 6. The van der Waals surface area contributed by atoms with E-state index in [1.807, 2.05) is 37.7 Å². The summed E-state index contributed by atoms with van der Waals surface area (Å²) in [7, 11) is 0. The highest BCUT2D eigenvalue weighted by molar-refractivity contribution is 7.17. The highest BCUT2D eigenvalue weighted by atomic mass is 32.1. The normalized spacial score (nSPS) is 11.0. The molecule has 0 unspecified atom stereocenters. The molecule has 0 atom stereocenters. The summed E-state index contributed by atoms with van der Waals surface area (Å²) in [6.07, 6.45) is 3.41. The van der Waals surface area contributed by atoms with Gasteiger partial charge in [0.05, 0.1) is 11.9 Å². The van der Waals surface area contributed by atoms with Gasteiger partial charge in [0.1, 0.15) is 10.6 Å². The number of carbonyl (C=O) groups is 1. The lowest BCUT2D eigenvalue weighted by Crippen LogP contribution is -2.12. The maximum Gasteiger partial charge on any atom is 0.267 e. The summed E-state index contributed by atoms with van der Waals surface area (Å²) < 4.78 is 1.84. The van der Waals surface area contributed by atoms with E-state index in [4.69, 9.17) is 0 Å². The summed E-state index contributed by atoms with van der Waals surface area (Å²) in [5.74, 6) is 0.568. The lowest BCUT2D eigenvalue weighted by molar-refractivity contribution is 0.103. The number of thiazole rings is 1. The van der Waals surface area contributed by atoms with Gasteiger partial charge in [-0.3, -0.25) is 9.48 Å². The van der Waals surface area contributed by atoms with Crippen LogP contribution in [0.1, 0.15) is 40.7 Å². The van der Waals surface area contributed by atoms with Crippen LogP contribution >= 0.6 is 11.3 Å². The third kappa shape index (κ3) is 3.70. The standard InChI is InChI=1S/C18H21N5O2S/c1-10(2)23-8-7-15(22-23)20-18-19-9-14(26-18)17(25)21-16-11(3)5-6-13(24)12(16)4/h5-10,24H,1-4H3,(H,21,25)(H,19,20,22). The van der Waals surface area contributed by atoms with Crippen molar-refractivity contribution in [3.8, 4) is 5.75 Å². The summed E-state index contributed by atoms with van der Waals surface area (Å²) in [6, 6.07) is 5.52. The van der Waals surface area contributed by atoms with Crippen molar-refractivity contribution >= 4 is 33.9 Å². The molecule has 0 aliphatic heterocycles. The molecular formula is C18H21N5O2S. The first-order chi connectivity index (χ1) is 12.3. The molecule has 1 amide bonds. The first kappa shape index (κ1) is 17.9. The van der Waals surface area contributed by atoms with Gasteiger partial charge in [-0.15, -0.1) is 0 Å². The zero-order valence-electron chi connectivity index (χ0n) is 15.1. The van der Waals surface area contributed by atoms with Gasteiger partial charge >= 0.3 is 0 Å². The molecule has 3 rings (SSSR count). The molecule has 0 radical (unpaired) electrons. The number of amides is 1. The molecule has 136 valence electrons. The van der Waals surface area contributed by atoms with Crippen molar-refractivity contribution in [2.24, 2.45) is 0 Å². The second-order valence-corrected chi connectivity index (χ2v) is 7.32. The van der Waals surface area contributed by atoms with E-state index in [1.165, 1.54) is 17.5 Å². The fraction of sp³-hybridized carbons (Fsp3) is 0.278. The van der Waals surface area contributed by atoms with Crippen molar-refractivity contribution in [1.29, 1.82) is 0 Å². The van der Waals surface area contributed by atoms with E-state index in [2.05, 4.69) is 20.7 Å². The van der Waals surface area contributed by atoms with Crippen molar-refractivity contribution in [1.82, 2.24) is 14.8 Å². The summed E-state index contributed by atoms with van der Waals surface area (Å²) in [6.45, 7) is 7.75. The Morgan fingerprint density at radius 2 is 2.04 bits per heavy atom. The van der Waals surface area contributed by atoms with E-state index in [0.717, 1.165) is 5.56 Å². The van der Waals surface area contributed by atoms with Gasteiger partial charge in [0.2, 0.25) is 0 Å². The molecule has 0 saturated carbocycles. The van der Waals surface area contributed by atoms with Crippen molar-refractivity contribution in [3.63, 3.8) is 0 Å². The van der Waals surface area contributed by atoms with Gasteiger partial charge in [-0.25, -0.2) is 4.98 Å². The molecular weight excluding hydrogens is 350 g/mol. The van der Waals surface area contributed by atoms with Crippen LogP contribution in [-0.2, 0) is 0 Å². The summed E-state index contributed by atoms with van der Waals surface area (Å²) in [5, 5.41) is 20.8. The van der Waals surface area contributed by atoms with Crippen LogP contribution < -0.4 is 10.6 Å². The number of aryl methyl sites for hydroxylation is 1. The maximum atomic E-state index is 12.5. The molecule has 26 heavy (non-hydrogen) atoms. The van der Waals surface area contributed by atoms with E-state index in [0.29, 0.717) is 27.1 Å². The fourth-order valence-corrected chi connectivity index (χ4v) is 3.16. The number of carbonyl (C=O) groups excluding carboxylic acids is 1. The van der Waals surface area contributed by atoms with Crippen LogP contribution in [0.3, 0.4) is 0 Å². The van der Waals surface area contributed by atoms with Crippen LogP contribution in [0.15, 0.2) is 30.6 Å². The van der Waals surface area contributed by atoms with E-state index in [-0.39, 0.29) is 17.7 Å². The number of nitrogens with zero attached hydrogens (tertiary/aromatic N) is 3. The van der Waals surface area contributed by atoms with Crippen LogP contribution in [0.2, 0.25) is 0 Å². The Morgan fingerprint density at radius 3 is 2.73 bits per heavy atom. The Labute approximate surface area is 155 Å². The molecule has 0 fully saturated rings. The summed E-state index contributed by atoms with van der Waals surface area (Å²) in [4.78, 5) is 17.2. The monoisotopic (exact) mass is 371 g/mol. The third-order valence-electron chi connectivity index (χ3n) is 3.99. The second kappa shape index (κ2) is 7.17. The van der Waals surface area contributed by atoms with Crippen LogP contribution in [0.25, 0.3) is 0 Å². The first-order valence-corrected chi connectivity index (χ1v) is 9.05. The first-order valence-electron chi connectivity index (χ1n) is 8.23. The molecule has 0 bridgehead atoms. The zero-order valence-corrected chi connectivity index (χ0v) is 15.9. The molecule has 7 nitrogen and oxygen atoms in total. The van der Waals surface area contributed by atoms with E-state index >= 15 is 0 Å². The number of aromatic nitrogens is 3. The third-order valence-corrected chi connectivity index (χ3v) is 4.90. The quantitative estimate of drug-likeness (QED) is 0.624. The van der Waals surface area contributed by atoms with Gasteiger partial charge in [-0.05, 0) is 39.3 Å². The van der Waals surface area contributed by atoms with Crippen LogP contribution in [-0.4, -0.2) is 25.8 Å². The fourth-order valence-electron chi connectivity index (χ4n) is 2.44. The highest BCUT2D eigenvalue weighted by Crippen LogP contribution is 2.29. The molecule has 2 aromatic heterocycles. The smallest absolute Gasteiger partial charge is 0.267 e. The minimum absolute atomic E-state index is 0.151. The Kier molecular flexibility index (Phi) is 4.94. The number of phenols is 1. The molecule has 0 aliphatic rings. The molecule has 0 saturated heterocycles. The molecule has 3 aromatic rings. The van der Waals surface area contributed by atoms with Crippen LogP contribution in [0.4, 0.5) is 16.6 Å². The molecule has 0 spiro atoms. The van der Waals surface area contributed by atoms with Gasteiger partial charge in [-0.2, -0.15) is 5.10 Å². The second-order valence-electron chi connectivity index (χ2n) is 6.29. The van der Waals surface area contributed by atoms with Crippen molar-refractivity contribution in [2.45, 2.75) is 33.7 Å². The predicted molar refractivity (Wildman–Crippen MR) is 104 cm³/mol. The van der Waals surface area contributed by atoms with Crippen molar-refractivity contribution in [2.75, 3.05) is 10.6 Å². The van der Waals surface area contributed by atoms with Crippen LogP contribution in [0.5, 0.6) is 5.75 Å². The molecule has 2 heterocycles. The van der Waals surface area contributed by atoms with Gasteiger partial charge in [0, 0.05) is 23.9 Å². The van der Waals surface area contributed by atoms with Crippen LogP contribution in [0, 0.1) is 13.8 Å². The number of anilines is 3. The van der Waals surface area contributed by atoms with Gasteiger partial charge in [-0.1, -0.05) is 17.4 Å². The van der Waals surface area contributed by atoms with Crippen molar-refractivity contribution in [3.05, 3.63) is 46.6 Å². The Bertz CT molecular complexity index is 945. The number of hydrogen-bond donors (Lipinski definition) is 3. The minimum atomic E-state index is -0.264. The highest BCUT2D eigenvalue weighted by Gasteiger charge is 2.15. The van der Waals surface area contributed by atoms with Gasteiger partial charge in [0.15, 0.2) is 10.9 Å². The maximum absolute atomic E-state index is 12.5. The SMILES string of the molecule is Cc1ccc(O)c(C)c1NC(=O)c1cnc(Nc2ccn(C(C)C)n2)s1. The summed E-state index contributed by atoms with van der Waals surface area (Å²) >= 11 is 1.24. The van der Waals surface area contributed by atoms with Gasteiger partial charge < -0.3 is 15.7 Å². The molecule has 1 aromatic carbocycles. The molecule has 3 N–H and O–H groups in total. The average Bonchev–Trinajstić information content (AvgIpc) is 3.25. The Balaban J connectivity index is 1.73. The lowest BCUT2D eigenvalue weighted by atomic mass is 10.1.